The van der Waals surface area contributed by atoms with Gasteiger partial charge in [0.25, 0.3) is 0 Å². The van der Waals surface area contributed by atoms with Crippen molar-refractivity contribution < 1.29 is 4.74 Å². The molecule has 1 unspecified atom stereocenters. The molecule has 0 aromatic carbocycles. The Morgan fingerprint density at radius 2 is 2.25 bits per heavy atom. The van der Waals surface area contributed by atoms with E-state index < -0.39 is 0 Å². The van der Waals surface area contributed by atoms with Crippen molar-refractivity contribution in [3.63, 3.8) is 0 Å². The summed E-state index contributed by atoms with van der Waals surface area (Å²) in [6, 6.07) is 2.19. The Bertz CT molecular complexity index is 330. The van der Waals surface area contributed by atoms with Crippen LogP contribution in [0.3, 0.4) is 0 Å². The summed E-state index contributed by atoms with van der Waals surface area (Å²) in [5.41, 5.74) is 5.37. The number of hydrogen-bond donors (Lipinski definition) is 2. The van der Waals surface area contributed by atoms with Gasteiger partial charge in [0.2, 0.25) is 5.88 Å². The Kier molecular flexibility index (Phi) is 4.98. The average Bonchev–Trinajstić information content (AvgIpc) is 2.25. The third-order valence-electron chi connectivity index (χ3n) is 2.19. The van der Waals surface area contributed by atoms with Crippen molar-refractivity contribution in [3.05, 3.63) is 11.9 Å². The highest BCUT2D eigenvalue weighted by atomic mass is 16.5. The minimum atomic E-state index is 0.386. The van der Waals surface area contributed by atoms with E-state index in [2.05, 4.69) is 29.1 Å². The Morgan fingerprint density at radius 1 is 1.50 bits per heavy atom. The first-order valence-electron chi connectivity index (χ1n) is 5.60. The van der Waals surface area contributed by atoms with Crippen LogP contribution in [0, 0.1) is 6.92 Å². The van der Waals surface area contributed by atoms with Crippen molar-refractivity contribution in [2.75, 3.05) is 18.5 Å². The molecule has 1 atom stereocenters. The van der Waals surface area contributed by atoms with Crippen molar-refractivity contribution >= 4 is 5.82 Å². The highest BCUT2D eigenvalue weighted by molar-refractivity contribution is 5.39. The van der Waals surface area contributed by atoms with Crippen LogP contribution in [0.5, 0.6) is 5.88 Å². The molecule has 0 spiro atoms. The molecule has 0 fully saturated rings. The second-order valence-corrected chi connectivity index (χ2v) is 3.73. The van der Waals surface area contributed by atoms with Crippen LogP contribution < -0.4 is 15.8 Å². The number of aromatic nitrogens is 2. The number of hydrogen-bond acceptors (Lipinski definition) is 5. The second kappa shape index (κ2) is 6.27. The summed E-state index contributed by atoms with van der Waals surface area (Å²) in [7, 11) is 0. The van der Waals surface area contributed by atoms with Gasteiger partial charge in [-0.2, -0.15) is 4.98 Å². The van der Waals surface area contributed by atoms with Gasteiger partial charge in [-0.3, -0.25) is 0 Å². The van der Waals surface area contributed by atoms with E-state index >= 15 is 0 Å². The molecular formula is C11H20N4O. The highest BCUT2D eigenvalue weighted by Gasteiger charge is 2.05. The van der Waals surface area contributed by atoms with Crippen LogP contribution in [-0.2, 0) is 0 Å². The molecule has 1 rings (SSSR count). The first-order valence-corrected chi connectivity index (χ1v) is 5.60. The van der Waals surface area contributed by atoms with E-state index in [0.29, 0.717) is 30.9 Å². The van der Waals surface area contributed by atoms with Gasteiger partial charge in [0.1, 0.15) is 18.2 Å². The molecule has 90 valence electrons. The molecule has 3 N–H and O–H groups in total. The highest BCUT2D eigenvalue weighted by Crippen LogP contribution is 2.14. The van der Waals surface area contributed by atoms with E-state index in [4.69, 9.17) is 10.5 Å². The van der Waals surface area contributed by atoms with E-state index in [1.54, 1.807) is 6.07 Å². The van der Waals surface area contributed by atoms with Crippen LogP contribution in [0.1, 0.15) is 26.1 Å². The standard InChI is InChI=1S/C11H20N4O/c1-4-8(2)13-10-7-11(16-6-5-12)15-9(3)14-10/h7-8H,4-6,12H2,1-3H3,(H,13,14,15). The van der Waals surface area contributed by atoms with E-state index in [9.17, 15) is 0 Å². The van der Waals surface area contributed by atoms with Gasteiger partial charge in [-0.25, -0.2) is 4.98 Å². The predicted molar refractivity (Wildman–Crippen MR) is 64.7 cm³/mol. The minimum Gasteiger partial charge on any atom is -0.476 e. The minimum absolute atomic E-state index is 0.386. The molecule has 0 saturated carbocycles. The van der Waals surface area contributed by atoms with E-state index in [-0.39, 0.29) is 0 Å². The summed E-state index contributed by atoms with van der Waals surface area (Å²) in [5, 5.41) is 3.29. The second-order valence-electron chi connectivity index (χ2n) is 3.73. The van der Waals surface area contributed by atoms with Crippen LogP contribution in [-0.4, -0.2) is 29.2 Å². The number of nitrogens with zero attached hydrogens (tertiary/aromatic N) is 2. The van der Waals surface area contributed by atoms with Crippen molar-refractivity contribution in [2.45, 2.75) is 33.2 Å². The fraction of sp³-hybridized carbons (Fsp3) is 0.636. The molecule has 0 saturated heterocycles. The molecule has 1 aromatic heterocycles. The largest absolute Gasteiger partial charge is 0.476 e. The fourth-order valence-electron chi connectivity index (χ4n) is 1.21. The van der Waals surface area contributed by atoms with Crippen molar-refractivity contribution in [2.24, 2.45) is 5.73 Å². The molecule has 16 heavy (non-hydrogen) atoms. The topological polar surface area (TPSA) is 73.1 Å². The van der Waals surface area contributed by atoms with Crippen LogP contribution in [0.25, 0.3) is 0 Å². The summed E-state index contributed by atoms with van der Waals surface area (Å²) < 4.78 is 5.38. The molecule has 0 aliphatic carbocycles. The third kappa shape index (κ3) is 4.02. The van der Waals surface area contributed by atoms with Gasteiger partial charge < -0.3 is 15.8 Å². The Hall–Kier alpha value is -1.36. The van der Waals surface area contributed by atoms with Crippen molar-refractivity contribution in [3.8, 4) is 5.88 Å². The lowest BCUT2D eigenvalue weighted by atomic mass is 10.2. The third-order valence-corrected chi connectivity index (χ3v) is 2.19. The first kappa shape index (κ1) is 12.7. The van der Waals surface area contributed by atoms with Crippen molar-refractivity contribution in [1.82, 2.24) is 9.97 Å². The summed E-state index contributed by atoms with van der Waals surface area (Å²) >= 11 is 0. The predicted octanol–water partition coefficient (Wildman–Crippen LogP) is 1.33. The lowest BCUT2D eigenvalue weighted by molar-refractivity contribution is 0.314. The molecule has 0 radical (unpaired) electrons. The summed E-state index contributed by atoms with van der Waals surface area (Å²) in [6.45, 7) is 7.03. The van der Waals surface area contributed by atoms with Crippen LogP contribution in [0.2, 0.25) is 0 Å². The lowest BCUT2D eigenvalue weighted by Gasteiger charge is -2.13. The summed E-state index contributed by atoms with van der Waals surface area (Å²) in [5.74, 6) is 2.07. The molecule has 5 heteroatoms. The summed E-state index contributed by atoms with van der Waals surface area (Å²) in [6.07, 6.45) is 1.04. The first-order chi connectivity index (χ1) is 7.65. The van der Waals surface area contributed by atoms with Crippen LogP contribution in [0.15, 0.2) is 6.07 Å². The normalized spacial score (nSPS) is 12.2. The van der Waals surface area contributed by atoms with Gasteiger partial charge >= 0.3 is 0 Å². The number of ether oxygens (including phenoxy) is 1. The molecule has 0 aliphatic rings. The molecule has 0 aliphatic heterocycles. The van der Waals surface area contributed by atoms with Gasteiger partial charge in [0.15, 0.2) is 0 Å². The van der Waals surface area contributed by atoms with Gasteiger partial charge in [-0.05, 0) is 20.3 Å². The maximum absolute atomic E-state index is 5.38. The number of rotatable bonds is 6. The average molecular weight is 224 g/mol. The number of nitrogens with one attached hydrogen (secondary N) is 1. The van der Waals surface area contributed by atoms with Gasteiger partial charge in [0, 0.05) is 18.7 Å². The van der Waals surface area contributed by atoms with Gasteiger partial charge in [-0.1, -0.05) is 6.92 Å². The fourth-order valence-corrected chi connectivity index (χ4v) is 1.21. The monoisotopic (exact) mass is 224 g/mol. The van der Waals surface area contributed by atoms with Gasteiger partial charge in [-0.15, -0.1) is 0 Å². The molecule has 0 amide bonds. The zero-order chi connectivity index (χ0) is 12.0. The lowest BCUT2D eigenvalue weighted by Crippen LogP contribution is -2.16. The SMILES string of the molecule is CCC(C)Nc1cc(OCCN)nc(C)n1. The van der Waals surface area contributed by atoms with Crippen molar-refractivity contribution in [1.29, 1.82) is 0 Å². The van der Waals surface area contributed by atoms with Crippen LogP contribution in [0.4, 0.5) is 5.82 Å². The zero-order valence-electron chi connectivity index (χ0n) is 10.2. The Balaban J connectivity index is 2.73. The number of nitrogens with two attached hydrogens (primary N) is 1. The molecular weight excluding hydrogens is 204 g/mol. The quantitative estimate of drug-likeness (QED) is 0.762. The Labute approximate surface area is 96.4 Å². The van der Waals surface area contributed by atoms with E-state index in [1.165, 1.54) is 0 Å². The molecule has 0 bridgehead atoms. The maximum atomic E-state index is 5.38. The molecule has 1 aromatic rings. The summed E-state index contributed by atoms with van der Waals surface area (Å²) in [4.78, 5) is 8.47. The molecule has 5 nitrogen and oxygen atoms in total. The molecule has 1 heterocycles. The maximum Gasteiger partial charge on any atom is 0.218 e. The Morgan fingerprint density at radius 3 is 2.88 bits per heavy atom. The smallest absolute Gasteiger partial charge is 0.218 e. The van der Waals surface area contributed by atoms with Crippen LogP contribution >= 0.6 is 0 Å². The number of aryl methyl sites for hydroxylation is 1. The van der Waals surface area contributed by atoms with Gasteiger partial charge in [0.05, 0.1) is 0 Å². The van der Waals surface area contributed by atoms with E-state index in [1.807, 2.05) is 6.92 Å². The van der Waals surface area contributed by atoms with E-state index in [0.717, 1.165) is 12.2 Å². The number of anilines is 1. The zero-order valence-corrected chi connectivity index (χ0v) is 10.2.